The number of unbranched alkanes of at least 4 members (excludes halogenated alkanes) is 4. The van der Waals surface area contributed by atoms with Crippen LogP contribution in [0.25, 0.3) is 0 Å². The average Bonchev–Trinajstić information content (AvgIpc) is 2.95. The van der Waals surface area contributed by atoms with Crippen LogP contribution in [0.1, 0.15) is 71.6 Å². The second kappa shape index (κ2) is 8.80. The standard InChI is InChI=1S/C24H34OS/c1-4-6-11-15-23-17-18-24(25-23,16-12-7-5-2)22(20(3)19-23)26-21-13-9-8-10-14-21/h8-10,13-14,17-18,22H,3-7,11-12,15-16,19H2,1-2H3/t22-,23+,24-/m1/s1. The van der Waals surface area contributed by atoms with Gasteiger partial charge in [0.05, 0.1) is 10.9 Å². The molecule has 0 N–H and O–H groups in total. The molecule has 0 radical (unpaired) electrons. The minimum absolute atomic E-state index is 0.0911. The van der Waals surface area contributed by atoms with E-state index in [0.717, 1.165) is 19.3 Å². The van der Waals surface area contributed by atoms with Gasteiger partial charge in [-0.15, -0.1) is 11.8 Å². The second-order valence-corrected chi connectivity index (χ2v) is 9.19. The van der Waals surface area contributed by atoms with Crippen LogP contribution in [0.15, 0.2) is 59.5 Å². The van der Waals surface area contributed by atoms with Gasteiger partial charge in [-0.3, -0.25) is 0 Å². The van der Waals surface area contributed by atoms with Gasteiger partial charge < -0.3 is 4.74 Å². The van der Waals surface area contributed by atoms with Crippen molar-refractivity contribution in [2.75, 3.05) is 0 Å². The largest absolute Gasteiger partial charge is 0.359 e. The van der Waals surface area contributed by atoms with Crippen LogP contribution in [0, 0.1) is 0 Å². The van der Waals surface area contributed by atoms with Gasteiger partial charge in [-0.25, -0.2) is 0 Å². The van der Waals surface area contributed by atoms with E-state index in [0.29, 0.717) is 5.25 Å². The molecular weight excluding hydrogens is 336 g/mol. The van der Waals surface area contributed by atoms with Crippen molar-refractivity contribution in [3.63, 3.8) is 0 Å². The Morgan fingerprint density at radius 3 is 2.38 bits per heavy atom. The summed E-state index contributed by atoms with van der Waals surface area (Å²) >= 11 is 1.94. The minimum Gasteiger partial charge on any atom is -0.359 e. The molecule has 0 spiro atoms. The normalized spacial score (nSPS) is 30.1. The first-order valence-corrected chi connectivity index (χ1v) is 11.3. The highest BCUT2D eigenvalue weighted by atomic mass is 32.2. The molecule has 2 aliphatic rings. The Balaban J connectivity index is 1.80. The molecule has 0 unspecified atom stereocenters. The van der Waals surface area contributed by atoms with Gasteiger partial charge in [-0.05, 0) is 25.0 Å². The Bertz CT molecular complexity index is 622. The quantitative estimate of drug-likeness (QED) is 0.315. The molecule has 2 heteroatoms. The van der Waals surface area contributed by atoms with Crippen molar-refractivity contribution in [2.24, 2.45) is 0 Å². The number of benzene rings is 1. The first-order valence-electron chi connectivity index (χ1n) is 10.4. The fraction of sp³-hybridized carbons (Fsp3) is 0.583. The SMILES string of the molecule is C=C1C[C@]2(CCCCC)C=C[C@@](CCCCC)(O2)[C@@H]1Sc1ccccc1. The molecule has 2 bridgehead atoms. The van der Waals surface area contributed by atoms with E-state index in [4.69, 9.17) is 4.74 Å². The number of rotatable bonds is 10. The summed E-state index contributed by atoms with van der Waals surface area (Å²) in [5, 5.41) is 0.319. The number of fused-ring (bicyclic) bond motifs is 2. The summed E-state index contributed by atoms with van der Waals surface area (Å²) in [7, 11) is 0. The fourth-order valence-corrected chi connectivity index (χ4v) is 5.71. The molecule has 2 heterocycles. The van der Waals surface area contributed by atoms with Crippen LogP contribution in [-0.2, 0) is 4.74 Å². The van der Waals surface area contributed by atoms with E-state index in [1.165, 1.54) is 49.0 Å². The van der Waals surface area contributed by atoms with E-state index in [2.05, 4.69) is 62.9 Å². The molecule has 0 saturated carbocycles. The van der Waals surface area contributed by atoms with E-state index < -0.39 is 0 Å². The molecule has 1 aromatic carbocycles. The summed E-state index contributed by atoms with van der Waals surface area (Å²) < 4.78 is 6.93. The zero-order valence-corrected chi connectivity index (χ0v) is 17.3. The van der Waals surface area contributed by atoms with Gasteiger partial charge in [0.2, 0.25) is 0 Å². The third kappa shape index (κ3) is 4.28. The summed E-state index contributed by atoms with van der Waals surface area (Å²) in [6, 6.07) is 10.7. The summed E-state index contributed by atoms with van der Waals surface area (Å²) in [6.45, 7) is 9.08. The van der Waals surface area contributed by atoms with Gasteiger partial charge in [-0.2, -0.15) is 0 Å². The van der Waals surface area contributed by atoms with Gasteiger partial charge in [0.15, 0.2) is 0 Å². The number of hydrogen-bond acceptors (Lipinski definition) is 2. The number of hydrogen-bond donors (Lipinski definition) is 0. The lowest BCUT2D eigenvalue weighted by Gasteiger charge is -2.47. The van der Waals surface area contributed by atoms with Gasteiger partial charge in [0, 0.05) is 11.3 Å². The van der Waals surface area contributed by atoms with Crippen molar-refractivity contribution >= 4 is 11.8 Å². The van der Waals surface area contributed by atoms with Gasteiger partial charge >= 0.3 is 0 Å². The molecule has 26 heavy (non-hydrogen) atoms. The van der Waals surface area contributed by atoms with Crippen LogP contribution < -0.4 is 0 Å². The Hall–Kier alpha value is -0.990. The van der Waals surface area contributed by atoms with Crippen molar-refractivity contribution in [1.82, 2.24) is 0 Å². The number of thioether (sulfide) groups is 1. The molecule has 1 nitrogen and oxygen atoms in total. The van der Waals surface area contributed by atoms with E-state index in [1.807, 2.05) is 11.8 Å². The smallest absolute Gasteiger partial charge is 0.103 e. The molecule has 3 rings (SSSR count). The Morgan fingerprint density at radius 2 is 1.69 bits per heavy atom. The average molecular weight is 371 g/mol. The zero-order chi connectivity index (χ0) is 18.5. The topological polar surface area (TPSA) is 9.23 Å². The lowest BCUT2D eigenvalue weighted by molar-refractivity contribution is -0.112. The van der Waals surface area contributed by atoms with Crippen molar-refractivity contribution in [1.29, 1.82) is 0 Å². The van der Waals surface area contributed by atoms with Crippen molar-refractivity contribution in [3.05, 3.63) is 54.6 Å². The Labute approximate surface area is 164 Å². The monoisotopic (exact) mass is 370 g/mol. The van der Waals surface area contributed by atoms with Crippen LogP contribution in [0.2, 0.25) is 0 Å². The van der Waals surface area contributed by atoms with E-state index in [-0.39, 0.29) is 11.2 Å². The summed E-state index contributed by atoms with van der Waals surface area (Å²) in [5.41, 5.74) is 1.10. The molecule has 2 aliphatic heterocycles. The highest BCUT2D eigenvalue weighted by Crippen LogP contribution is 2.54. The zero-order valence-electron chi connectivity index (χ0n) is 16.5. The molecule has 1 aromatic rings. The van der Waals surface area contributed by atoms with Crippen LogP contribution in [0.4, 0.5) is 0 Å². The van der Waals surface area contributed by atoms with Crippen LogP contribution in [-0.4, -0.2) is 16.5 Å². The third-order valence-corrected chi connectivity index (χ3v) is 7.29. The summed E-state index contributed by atoms with van der Waals surface area (Å²) in [5.74, 6) is 0. The molecule has 1 saturated heterocycles. The maximum atomic E-state index is 6.93. The molecule has 0 aromatic heterocycles. The highest BCUT2D eigenvalue weighted by Gasteiger charge is 2.54. The molecule has 0 amide bonds. The maximum Gasteiger partial charge on any atom is 0.103 e. The van der Waals surface area contributed by atoms with E-state index in [1.54, 1.807) is 0 Å². The number of ether oxygens (including phenoxy) is 1. The Morgan fingerprint density at radius 1 is 1.00 bits per heavy atom. The minimum atomic E-state index is -0.169. The highest BCUT2D eigenvalue weighted by molar-refractivity contribution is 8.00. The predicted molar refractivity (Wildman–Crippen MR) is 114 cm³/mol. The lowest BCUT2D eigenvalue weighted by atomic mass is 9.82. The fourth-order valence-electron chi connectivity index (χ4n) is 4.43. The van der Waals surface area contributed by atoms with Crippen LogP contribution in [0.5, 0.6) is 0 Å². The lowest BCUT2D eigenvalue weighted by Crippen LogP contribution is -2.50. The van der Waals surface area contributed by atoms with Gasteiger partial charge in [0.25, 0.3) is 0 Å². The van der Waals surface area contributed by atoms with Crippen molar-refractivity contribution in [3.8, 4) is 0 Å². The second-order valence-electron chi connectivity index (χ2n) is 8.02. The summed E-state index contributed by atoms with van der Waals surface area (Å²) in [6.07, 6.45) is 15.6. The van der Waals surface area contributed by atoms with Crippen LogP contribution >= 0.6 is 11.8 Å². The molecule has 142 valence electrons. The molecule has 3 atom stereocenters. The predicted octanol–water partition coefficient (Wildman–Crippen LogP) is 7.33. The van der Waals surface area contributed by atoms with Crippen molar-refractivity contribution in [2.45, 2.75) is 93.0 Å². The van der Waals surface area contributed by atoms with E-state index >= 15 is 0 Å². The summed E-state index contributed by atoms with van der Waals surface area (Å²) in [4.78, 5) is 1.32. The first kappa shape index (κ1) is 19.8. The maximum absolute atomic E-state index is 6.93. The Kier molecular flexibility index (Phi) is 6.69. The van der Waals surface area contributed by atoms with Gasteiger partial charge in [0.1, 0.15) is 5.60 Å². The van der Waals surface area contributed by atoms with Gasteiger partial charge in [-0.1, -0.05) is 94.9 Å². The molecule has 1 fully saturated rings. The molecular formula is C24H34OS. The van der Waals surface area contributed by atoms with Crippen LogP contribution in [0.3, 0.4) is 0 Å². The van der Waals surface area contributed by atoms with Crippen molar-refractivity contribution < 1.29 is 4.74 Å². The van der Waals surface area contributed by atoms with E-state index in [9.17, 15) is 0 Å². The first-order chi connectivity index (χ1) is 12.6. The molecule has 0 aliphatic carbocycles. The third-order valence-electron chi connectivity index (χ3n) is 5.78.